The zero-order chi connectivity index (χ0) is 18.8. The number of nitrogens with one attached hydrogen (secondary N) is 2. The van der Waals surface area contributed by atoms with Crippen LogP contribution < -0.4 is 15.4 Å². The minimum Gasteiger partial charge on any atom is -0.494 e. The molecule has 0 aromatic heterocycles. The van der Waals surface area contributed by atoms with Gasteiger partial charge in [0.15, 0.2) is 15.8 Å². The van der Waals surface area contributed by atoms with E-state index in [9.17, 15) is 8.42 Å². The summed E-state index contributed by atoms with van der Waals surface area (Å²) in [7, 11) is -1.66. The van der Waals surface area contributed by atoms with E-state index in [0.29, 0.717) is 24.0 Å². The lowest BCUT2D eigenvalue weighted by molar-refractivity contribution is 0.336. The number of rotatable bonds is 8. The molecular formula is C19H26IN3O3S. The van der Waals surface area contributed by atoms with Crippen molar-refractivity contribution in [3.63, 3.8) is 0 Å². The Bertz CT molecular complexity index is 827. The maximum absolute atomic E-state index is 12.3. The number of aliphatic imine (C=N–C) groups is 1. The predicted molar refractivity (Wildman–Crippen MR) is 120 cm³/mol. The molecule has 0 bridgehead atoms. The molecule has 27 heavy (non-hydrogen) atoms. The monoisotopic (exact) mass is 503 g/mol. The smallest absolute Gasteiger partial charge is 0.191 e. The Morgan fingerprint density at radius 2 is 1.70 bits per heavy atom. The summed E-state index contributed by atoms with van der Waals surface area (Å²) in [5.41, 5.74) is 1.01. The Balaban J connectivity index is 0.00000364. The summed E-state index contributed by atoms with van der Waals surface area (Å²) in [6.07, 6.45) is 0. The van der Waals surface area contributed by atoms with Crippen LogP contribution in [0.15, 0.2) is 64.5 Å². The van der Waals surface area contributed by atoms with Crippen molar-refractivity contribution >= 4 is 39.8 Å². The van der Waals surface area contributed by atoms with Gasteiger partial charge >= 0.3 is 0 Å². The number of guanidine groups is 1. The van der Waals surface area contributed by atoms with Gasteiger partial charge in [0, 0.05) is 25.7 Å². The second kappa shape index (κ2) is 11.8. The molecule has 2 rings (SSSR count). The Kier molecular flexibility index (Phi) is 10.2. The first kappa shape index (κ1) is 23.2. The average molecular weight is 503 g/mol. The number of nitrogens with zero attached hydrogens (tertiary/aromatic N) is 1. The standard InChI is InChI=1S/C19H25N3O3S.HI/c1-3-25-18-12-8-7-9-16(18)15-22-19(20-2)21-13-14-26(23,24)17-10-5-4-6-11-17;/h4-12H,3,13-15H2,1-2H3,(H2,20,21,22);1H. The van der Waals surface area contributed by atoms with Gasteiger partial charge in [0.2, 0.25) is 0 Å². The number of benzene rings is 2. The molecule has 6 nitrogen and oxygen atoms in total. The number of para-hydroxylation sites is 1. The molecule has 8 heteroatoms. The molecule has 2 N–H and O–H groups in total. The second-order valence-electron chi connectivity index (χ2n) is 5.53. The third-order valence-electron chi connectivity index (χ3n) is 3.71. The highest BCUT2D eigenvalue weighted by molar-refractivity contribution is 14.0. The van der Waals surface area contributed by atoms with Gasteiger partial charge in [0.1, 0.15) is 5.75 Å². The summed E-state index contributed by atoms with van der Waals surface area (Å²) in [6, 6.07) is 16.2. The largest absolute Gasteiger partial charge is 0.494 e. The van der Waals surface area contributed by atoms with Crippen LogP contribution in [0.3, 0.4) is 0 Å². The van der Waals surface area contributed by atoms with E-state index in [0.717, 1.165) is 11.3 Å². The van der Waals surface area contributed by atoms with Crippen LogP contribution in [0.5, 0.6) is 5.75 Å². The van der Waals surface area contributed by atoms with Gasteiger partial charge in [-0.1, -0.05) is 36.4 Å². The summed E-state index contributed by atoms with van der Waals surface area (Å²) in [5, 5.41) is 6.21. The molecule has 0 unspecified atom stereocenters. The highest BCUT2D eigenvalue weighted by Gasteiger charge is 2.13. The minimum absolute atomic E-state index is 0. The SMILES string of the molecule is CCOc1ccccc1CNC(=NC)NCCS(=O)(=O)c1ccccc1.I. The van der Waals surface area contributed by atoms with Crippen LogP contribution in [-0.2, 0) is 16.4 Å². The molecule has 148 valence electrons. The Morgan fingerprint density at radius 3 is 2.37 bits per heavy atom. The molecule has 0 fully saturated rings. The Morgan fingerprint density at radius 1 is 1.04 bits per heavy atom. The highest BCUT2D eigenvalue weighted by Crippen LogP contribution is 2.17. The van der Waals surface area contributed by atoms with Gasteiger partial charge < -0.3 is 15.4 Å². The first-order valence-electron chi connectivity index (χ1n) is 8.50. The van der Waals surface area contributed by atoms with E-state index in [1.54, 1.807) is 37.4 Å². The van der Waals surface area contributed by atoms with Gasteiger partial charge in [-0.3, -0.25) is 4.99 Å². The lowest BCUT2D eigenvalue weighted by atomic mass is 10.2. The molecule has 0 saturated carbocycles. The van der Waals surface area contributed by atoms with Crippen LogP contribution in [0, 0.1) is 0 Å². The first-order valence-corrected chi connectivity index (χ1v) is 10.1. The van der Waals surface area contributed by atoms with E-state index in [4.69, 9.17) is 4.74 Å². The molecule has 0 spiro atoms. The van der Waals surface area contributed by atoms with Crippen LogP contribution in [0.4, 0.5) is 0 Å². The summed E-state index contributed by atoms with van der Waals surface area (Å²) in [4.78, 5) is 4.46. The average Bonchev–Trinajstić information content (AvgIpc) is 2.66. The normalized spacial score (nSPS) is 11.4. The van der Waals surface area contributed by atoms with Crippen molar-refractivity contribution in [2.75, 3.05) is 26.0 Å². The fourth-order valence-electron chi connectivity index (χ4n) is 2.40. The van der Waals surface area contributed by atoms with Crippen molar-refractivity contribution in [1.29, 1.82) is 0 Å². The number of ether oxygens (including phenoxy) is 1. The summed E-state index contributed by atoms with van der Waals surface area (Å²) >= 11 is 0. The molecule has 2 aromatic carbocycles. The molecule has 0 aliphatic rings. The Labute approximate surface area is 178 Å². The van der Waals surface area contributed by atoms with Crippen molar-refractivity contribution in [2.24, 2.45) is 4.99 Å². The molecule has 0 heterocycles. The van der Waals surface area contributed by atoms with E-state index < -0.39 is 9.84 Å². The molecule has 0 aliphatic heterocycles. The maximum Gasteiger partial charge on any atom is 0.191 e. The summed E-state index contributed by atoms with van der Waals surface area (Å²) < 4.78 is 30.2. The van der Waals surface area contributed by atoms with E-state index in [2.05, 4.69) is 15.6 Å². The van der Waals surface area contributed by atoms with E-state index in [1.165, 1.54) is 0 Å². The highest BCUT2D eigenvalue weighted by atomic mass is 127. The third kappa shape index (κ3) is 7.37. The number of hydrogen-bond donors (Lipinski definition) is 2. The lowest BCUT2D eigenvalue weighted by Crippen LogP contribution is -2.39. The second-order valence-corrected chi connectivity index (χ2v) is 7.63. The molecule has 0 saturated heterocycles. The van der Waals surface area contributed by atoms with Crippen LogP contribution in [0.2, 0.25) is 0 Å². The topological polar surface area (TPSA) is 79.8 Å². The zero-order valence-electron chi connectivity index (χ0n) is 15.5. The zero-order valence-corrected chi connectivity index (χ0v) is 18.7. The van der Waals surface area contributed by atoms with E-state index in [-0.39, 0.29) is 36.3 Å². The fraction of sp³-hybridized carbons (Fsp3) is 0.316. The molecular weight excluding hydrogens is 477 g/mol. The number of sulfone groups is 1. The van der Waals surface area contributed by atoms with Gasteiger partial charge in [0.05, 0.1) is 17.3 Å². The van der Waals surface area contributed by atoms with Crippen molar-refractivity contribution in [2.45, 2.75) is 18.4 Å². The van der Waals surface area contributed by atoms with Crippen LogP contribution in [0.1, 0.15) is 12.5 Å². The number of hydrogen-bond acceptors (Lipinski definition) is 4. The fourth-order valence-corrected chi connectivity index (χ4v) is 3.57. The van der Waals surface area contributed by atoms with Crippen molar-refractivity contribution in [1.82, 2.24) is 10.6 Å². The van der Waals surface area contributed by atoms with Crippen molar-refractivity contribution in [3.05, 3.63) is 60.2 Å². The third-order valence-corrected chi connectivity index (χ3v) is 5.44. The van der Waals surface area contributed by atoms with Crippen LogP contribution in [0.25, 0.3) is 0 Å². The maximum atomic E-state index is 12.3. The van der Waals surface area contributed by atoms with Gasteiger partial charge in [-0.25, -0.2) is 8.42 Å². The molecule has 2 aromatic rings. The van der Waals surface area contributed by atoms with Crippen molar-refractivity contribution in [3.8, 4) is 5.75 Å². The van der Waals surface area contributed by atoms with Gasteiger partial charge in [-0.15, -0.1) is 24.0 Å². The van der Waals surface area contributed by atoms with Crippen molar-refractivity contribution < 1.29 is 13.2 Å². The van der Waals surface area contributed by atoms with Gasteiger partial charge in [-0.2, -0.15) is 0 Å². The summed E-state index contributed by atoms with van der Waals surface area (Å²) in [5.74, 6) is 1.36. The molecule has 0 aliphatic carbocycles. The molecule has 0 radical (unpaired) electrons. The van der Waals surface area contributed by atoms with E-state index in [1.807, 2.05) is 31.2 Å². The van der Waals surface area contributed by atoms with Gasteiger partial charge in [0.25, 0.3) is 0 Å². The Hall–Kier alpha value is -1.81. The van der Waals surface area contributed by atoms with Gasteiger partial charge in [-0.05, 0) is 25.1 Å². The summed E-state index contributed by atoms with van der Waals surface area (Å²) in [6.45, 7) is 3.34. The molecule has 0 amide bonds. The van der Waals surface area contributed by atoms with Crippen LogP contribution >= 0.6 is 24.0 Å². The van der Waals surface area contributed by atoms with Crippen LogP contribution in [-0.4, -0.2) is 40.3 Å². The predicted octanol–water partition coefficient (Wildman–Crippen LogP) is 2.84. The molecule has 0 atom stereocenters. The number of halogens is 1. The minimum atomic E-state index is -3.31. The lowest BCUT2D eigenvalue weighted by Gasteiger charge is -2.14. The quantitative estimate of drug-likeness (QED) is 0.329. The van der Waals surface area contributed by atoms with E-state index >= 15 is 0 Å². The first-order chi connectivity index (χ1) is 12.6.